The third-order valence-corrected chi connectivity index (χ3v) is 3.93. The van der Waals surface area contributed by atoms with Crippen molar-refractivity contribution in [1.29, 1.82) is 0 Å². The number of nitrogens with one attached hydrogen (secondary N) is 2. The first-order chi connectivity index (χ1) is 11.7. The number of aliphatic carboxylic acids is 1. The Hall–Kier alpha value is -2.01. The van der Waals surface area contributed by atoms with E-state index in [-0.39, 0.29) is 5.96 Å². The highest BCUT2D eigenvalue weighted by molar-refractivity contribution is 7.98. The minimum absolute atomic E-state index is 0.0298. The van der Waals surface area contributed by atoms with Crippen molar-refractivity contribution >= 4 is 35.5 Å². The van der Waals surface area contributed by atoms with Crippen molar-refractivity contribution in [1.82, 2.24) is 10.6 Å². The molecule has 0 aliphatic rings. The molecule has 11 heteroatoms. The van der Waals surface area contributed by atoms with E-state index in [9.17, 15) is 14.4 Å². The number of nitrogens with zero attached hydrogens (tertiary/aromatic N) is 1. The first kappa shape index (κ1) is 23.0. The van der Waals surface area contributed by atoms with Crippen LogP contribution < -0.4 is 27.8 Å². The average molecular weight is 376 g/mol. The Kier molecular flexibility index (Phi) is 11.4. The zero-order chi connectivity index (χ0) is 19.4. The molecule has 0 aromatic rings. The van der Waals surface area contributed by atoms with Crippen LogP contribution >= 0.6 is 11.8 Å². The predicted octanol–water partition coefficient (Wildman–Crippen LogP) is -1.81. The van der Waals surface area contributed by atoms with Gasteiger partial charge in [0.05, 0.1) is 6.04 Å². The summed E-state index contributed by atoms with van der Waals surface area (Å²) in [5, 5.41) is 14.0. The summed E-state index contributed by atoms with van der Waals surface area (Å²) in [5.41, 5.74) is 16.1. The quantitative estimate of drug-likeness (QED) is 0.131. The second kappa shape index (κ2) is 12.4. The lowest BCUT2D eigenvalue weighted by molar-refractivity contribution is -0.142. The molecule has 0 aromatic carbocycles. The number of carboxylic acids is 1. The molecule has 0 spiro atoms. The zero-order valence-electron chi connectivity index (χ0n) is 14.5. The highest BCUT2D eigenvalue weighted by Gasteiger charge is 2.24. The molecule has 0 radical (unpaired) electrons. The van der Waals surface area contributed by atoms with Crippen LogP contribution in [-0.2, 0) is 14.4 Å². The van der Waals surface area contributed by atoms with Crippen LogP contribution in [0.15, 0.2) is 4.99 Å². The Bertz CT molecular complexity index is 484. The van der Waals surface area contributed by atoms with Gasteiger partial charge in [-0.2, -0.15) is 11.8 Å². The third-order valence-electron chi connectivity index (χ3n) is 3.28. The highest BCUT2D eigenvalue weighted by Crippen LogP contribution is 2.02. The summed E-state index contributed by atoms with van der Waals surface area (Å²) >= 11 is 1.48. The van der Waals surface area contributed by atoms with Crippen LogP contribution in [0.4, 0.5) is 0 Å². The van der Waals surface area contributed by atoms with Crippen LogP contribution in [0.5, 0.6) is 0 Å². The SMILES string of the molecule is CSCCC(NC(=O)C(C)NC(=O)C(N)CCCN=C(N)N)C(=O)O. The zero-order valence-corrected chi connectivity index (χ0v) is 15.3. The number of hydrogen-bond acceptors (Lipinski definition) is 6. The fourth-order valence-corrected chi connectivity index (χ4v) is 2.30. The number of amides is 2. The average Bonchev–Trinajstić information content (AvgIpc) is 2.54. The van der Waals surface area contributed by atoms with E-state index in [0.717, 1.165) is 0 Å². The van der Waals surface area contributed by atoms with Crippen LogP contribution in [0, 0.1) is 0 Å². The summed E-state index contributed by atoms with van der Waals surface area (Å²) in [4.78, 5) is 38.9. The van der Waals surface area contributed by atoms with Gasteiger partial charge in [0, 0.05) is 6.54 Å². The summed E-state index contributed by atoms with van der Waals surface area (Å²) in [6.45, 7) is 1.82. The van der Waals surface area contributed by atoms with Crippen molar-refractivity contribution in [2.45, 2.75) is 44.3 Å². The van der Waals surface area contributed by atoms with Crippen LogP contribution in [0.3, 0.4) is 0 Å². The molecule has 2 amide bonds. The summed E-state index contributed by atoms with van der Waals surface area (Å²) in [6.07, 6.45) is 3.01. The summed E-state index contributed by atoms with van der Waals surface area (Å²) in [5.74, 6) is -1.62. The predicted molar refractivity (Wildman–Crippen MR) is 98.1 cm³/mol. The first-order valence-corrected chi connectivity index (χ1v) is 9.21. The fourth-order valence-electron chi connectivity index (χ4n) is 1.83. The monoisotopic (exact) mass is 376 g/mol. The van der Waals surface area contributed by atoms with Gasteiger partial charge in [0.25, 0.3) is 0 Å². The lowest BCUT2D eigenvalue weighted by Gasteiger charge is -2.20. The van der Waals surface area contributed by atoms with Gasteiger partial charge in [0.1, 0.15) is 12.1 Å². The molecule has 0 heterocycles. The number of carbonyl (C=O) groups is 3. The van der Waals surface area contributed by atoms with Crippen molar-refractivity contribution in [2.24, 2.45) is 22.2 Å². The van der Waals surface area contributed by atoms with E-state index in [0.29, 0.717) is 31.6 Å². The maximum atomic E-state index is 12.0. The Morgan fingerprint density at radius 2 is 1.80 bits per heavy atom. The van der Waals surface area contributed by atoms with Crippen molar-refractivity contribution in [3.05, 3.63) is 0 Å². The number of carboxylic acid groups (broad SMARTS) is 1. The van der Waals surface area contributed by atoms with E-state index in [1.165, 1.54) is 18.7 Å². The highest BCUT2D eigenvalue weighted by atomic mass is 32.2. The smallest absolute Gasteiger partial charge is 0.326 e. The van der Waals surface area contributed by atoms with Crippen LogP contribution in [-0.4, -0.2) is 65.5 Å². The molecule has 10 nitrogen and oxygen atoms in total. The van der Waals surface area contributed by atoms with Crippen molar-refractivity contribution < 1.29 is 19.5 Å². The number of guanidine groups is 1. The Morgan fingerprint density at radius 1 is 1.16 bits per heavy atom. The number of carbonyl (C=O) groups excluding carboxylic acids is 2. The normalized spacial score (nSPS) is 14.0. The fraction of sp³-hybridized carbons (Fsp3) is 0.714. The van der Waals surface area contributed by atoms with E-state index >= 15 is 0 Å². The molecule has 0 fully saturated rings. The van der Waals surface area contributed by atoms with Gasteiger partial charge in [0.15, 0.2) is 5.96 Å². The molecule has 25 heavy (non-hydrogen) atoms. The number of aliphatic imine (C=N–C) groups is 1. The molecule has 0 saturated carbocycles. The van der Waals surface area contributed by atoms with Gasteiger partial charge in [-0.25, -0.2) is 4.79 Å². The largest absolute Gasteiger partial charge is 0.480 e. The molecule has 0 aliphatic heterocycles. The molecule has 9 N–H and O–H groups in total. The Balaban J connectivity index is 4.37. The molecule has 0 aliphatic carbocycles. The van der Waals surface area contributed by atoms with Crippen molar-refractivity contribution in [3.63, 3.8) is 0 Å². The molecular formula is C14H28N6O4S. The van der Waals surface area contributed by atoms with Crippen LogP contribution in [0.1, 0.15) is 26.2 Å². The molecule has 144 valence electrons. The summed E-state index contributed by atoms with van der Waals surface area (Å²) in [7, 11) is 0. The second-order valence-electron chi connectivity index (χ2n) is 5.47. The van der Waals surface area contributed by atoms with Gasteiger partial charge in [0.2, 0.25) is 11.8 Å². The van der Waals surface area contributed by atoms with Gasteiger partial charge in [-0.1, -0.05) is 0 Å². The molecular weight excluding hydrogens is 348 g/mol. The van der Waals surface area contributed by atoms with Gasteiger partial charge < -0.3 is 32.9 Å². The minimum atomic E-state index is -1.11. The Labute approximate surface area is 151 Å². The minimum Gasteiger partial charge on any atom is -0.480 e. The third kappa shape index (κ3) is 10.5. The van der Waals surface area contributed by atoms with E-state index in [2.05, 4.69) is 15.6 Å². The molecule has 3 unspecified atom stereocenters. The molecule has 0 bridgehead atoms. The molecule has 0 rings (SSSR count). The maximum absolute atomic E-state index is 12.0. The van der Waals surface area contributed by atoms with Gasteiger partial charge >= 0.3 is 5.97 Å². The standard InChI is InChI=1S/C14H28N6O4S/c1-8(11(21)20-10(13(23)24)5-7-25-2)19-12(22)9(15)4-3-6-18-14(16)17/h8-10H,3-7,15H2,1-2H3,(H,19,22)(H,20,21)(H,23,24)(H4,16,17,18). The maximum Gasteiger partial charge on any atom is 0.326 e. The molecule has 3 atom stereocenters. The summed E-state index contributed by atoms with van der Waals surface area (Å²) < 4.78 is 0. The number of hydrogen-bond donors (Lipinski definition) is 6. The van der Waals surface area contributed by atoms with Crippen LogP contribution in [0.2, 0.25) is 0 Å². The Morgan fingerprint density at radius 3 is 2.32 bits per heavy atom. The van der Waals surface area contributed by atoms with Crippen LogP contribution in [0.25, 0.3) is 0 Å². The van der Waals surface area contributed by atoms with E-state index < -0.39 is 35.9 Å². The lowest BCUT2D eigenvalue weighted by atomic mass is 10.1. The lowest BCUT2D eigenvalue weighted by Crippen LogP contribution is -2.53. The number of rotatable bonds is 12. The number of nitrogens with two attached hydrogens (primary N) is 3. The molecule has 0 aromatic heterocycles. The van der Waals surface area contributed by atoms with E-state index in [1.807, 2.05) is 6.26 Å². The van der Waals surface area contributed by atoms with Gasteiger partial charge in [-0.15, -0.1) is 0 Å². The van der Waals surface area contributed by atoms with E-state index in [1.54, 1.807) is 0 Å². The van der Waals surface area contributed by atoms with Crippen molar-refractivity contribution in [2.75, 3.05) is 18.6 Å². The number of thioether (sulfide) groups is 1. The topological polar surface area (TPSA) is 186 Å². The molecule has 0 saturated heterocycles. The van der Waals surface area contributed by atoms with E-state index in [4.69, 9.17) is 22.3 Å². The first-order valence-electron chi connectivity index (χ1n) is 7.82. The van der Waals surface area contributed by atoms with Crippen molar-refractivity contribution in [3.8, 4) is 0 Å². The van der Waals surface area contributed by atoms with Gasteiger partial charge in [-0.3, -0.25) is 14.6 Å². The second-order valence-corrected chi connectivity index (χ2v) is 6.45. The summed E-state index contributed by atoms with van der Waals surface area (Å²) in [6, 6.07) is -2.70. The van der Waals surface area contributed by atoms with Gasteiger partial charge in [-0.05, 0) is 38.2 Å².